The van der Waals surface area contributed by atoms with Gasteiger partial charge in [0.25, 0.3) is 0 Å². The van der Waals surface area contributed by atoms with Crippen molar-refractivity contribution in [1.82, 2.24) is 4.90 Å². The first-order valence-electron chi connectivity index (χ1n) is 15.5. The number of allylic oxidation sites excluding steroid dienone is 1. The number of aliphatic hydroxyl groups excluding tert-OH is 2. The van der Waals surface area contributed by atoms with Gasteiger partial charge in [-0.25, -0.2) is 0 Å². The summed E-state index contributed by atoms with van der Waals surface area (Å²) in [6, 6.07) is 30.0. The van der Waals surface area contributed by atoms with Gasteiger partial charge in [-0.1, -0.05) is 72.8 Å². The van der Waals surface area contributed by atoms with Gasteiger partial charge in [0.1, 0.15) is 18.1 Å². The van der Waals surface area contributed by atoms with Crippen LogP contribution >= 0.6 is 11.3 Å². The third kappa shape index (κ3) is 6.84. The van der Waals surface area contributed by atoms with E-state index in [-0.39, 0.29) is 43.7 Å². The quantitative estimate of drug-likeness (QED) is 0.0955. The van der Waals surface area contributed by atoms with Crippen molar-refractivity contribution in [2.45, 2.75) is 31.9 Å². The van der Waals surface area contributed by atoms with Crippen molar-refractivity contribution in [3.05, 3.63) is 130 Å². The maximum Gasteiger partial charge on any atom is 0.234 e. The Hall–Kier alpha value is -4.50. The maximum absolute atomic E-state index is 13.8. The van der Waals surface area contributed by atoms with Gasteiger partial charge in [-0.2, -0.15) is 0 Å². The standard InChI is InChI=1S/C38H37NO6S/c40-23-33-35(34(42)17-16-27(26-10-3-1-4-11-26)19-25-9-7-12-29(41)20-25)28(24-45-30-13-5-2-6-14-30)21-32-36(33)38(44)39(37(32)43)22-31-15-8-18-46-31/h1-15,18-20,32-34,36,40-42H,16-17,21-24H2/b27-19-/t32-,33+,34-,36-/m1/s1. The number of imide groups is 1. The van der Waals surface area contributed by atoms with E-state index in [0.717, 1.165) is 27.2 Å². The zero-order valence-corrected chi connectivity index (χ0v) is 26.2. The molecule has 6 rings (SSSR count). The zero-order chi connectivity index (χ0) is 32.0. The number of benzene rings is 3. The topological polar surface area (TPSA) is 107 Å². The number of rotatable bonds is 12. The van der Waals surface area contributed by atoms with Gasteiger partial charge in [0.05, 0.1) is 31.1 Å². The minimum Gasteiger partial charge on any atom is -0.508 e. The minimum atomic E-state index is -0.988. The number of para-hydroxylation sites is 1. The molecule has 2 heterocycles. The van der Waals surface area contributed by atoms with Gasteiger partial charge in [0.2, 0.25) is 11.8 Å². The molecule has 7 nitrogen and oxygen atoms in total. The fourth-order valence-electron chi connectivity index (χ4n) is 6.77. The van der Waals surface area contributed by atoms with Crippen LogP contribution in [-0.2, 0) is 16.1 Å². The lowest BCUT2D eigenvalue weighted by Gasteiger charge is -2.36. The van der Waals surface area contributed by atoms with Gasteiger partial charge < -0.3 is 20.1 Å². The summed E-state index contributed by atoms with van der Waals surface area (Å²) >= 11 is 1.49. The molecule has 1 aliphatic carbocycles. The van der Waals surface area contributed by atoms with E-state index in [4.69, 9.17) is 4.74 Å². The number of phenols is 1. The summed E-state index contributed by atoms with van der Waals surface area (Å²) in [4.78, 5) is 29.7. The lowest BCUT2D eigenvalue weighted by molar-refractivity contribution is -0.140. The molecule has 1 saturated heterocycles. The number of likely N-dealkylation sites (tertiary alicyclic amines) is 1. The highest BCUT2D eigenvalue weighted by Gasteiger charge is 2.54. The Morgan fingerprint density at radius 1 is 0.957 bits per heavy atom. The van der Waals surface area contributed by atoms with Crippen LogP contribution in [0.4, 0.5) is 0 Å². The molecule has 3 N–H and O–H groups in total. The Morgan fingerprint density at radius 2 is 1.72 bits per heavy atom. The number of amides is 2. The van der Waals surface area contributed by atoms with Crippen molar-refractivity contribution < 1.29 is 29.6 Å². The van der Waals surface area contributed by atoms with Gasteiger partial charge in [0.15, 0.2) is 0 Å². The largest absolute Gasteiger partial charge is 0.508 e. The predicted molar refractivity (Wildman–Crippen MR) is 179 cm³/mol. The molecule has 0 unspecified atom stereocenters. The van der Waals surface area contributed by atoms with Crippen LogP contribution in [0.5, 0.6) is 11.5 Å². The molecule has 8 heteroatoms. The van der Waals surface area contributed by atoms with Crippen molar-refractivity contribution in [2.75, 3.05) is 13.2 Å². The summed E-state index contributed by atoms with van der Waals surface area (Å²) < 4.78 is 6.13. The molecular formula is C38H37NO6S. The predicted octanol–water partition coefficient (Wildman–Crippen LogP) is 6.32. The molecule has 4 atom stereocenters. The second-order valence-corrected chi connectivity index (χ2v) is 12.8. The average Bonchev–Trinajstić information content (AvgIpc) is 3.68. The molecule has 0 saturated carbocycles. The van der Waals surface area contributed by atoms with E-state index in [1.165, 1.54) is 16.2 Å². The number of thiophene rings is 1. The normalized spacial score (nSPS) is 20.6. The van der Waals surface area contributed by atoms with E-state index in [9.17, 15) is 24.9 Å². The SMILES string of the molecule is O=C1[C@@H]2[C@@H](CC(COc3ccccc3)=C([C@H](O)CC/C(=C/c3cccc(O)c3)c3ccccc3)[C@@H]2CO)C(=O)N1Cc1cccs1. The van der Waals surface area contributed by atoms with Crippen molar-refractivity contribution >= 4 is 34.8 Å². The van der Waals surface area contributed by atoms with E-state index in [2.05, 4.69) is 0 Å². The van der Waals surface area contributed by atoms with Gasteiger partial charge in [0, 0.05) is 10.8 Å². The lowest BCUT2D eigenvalue weighted by atomic mass is 9.68. The highest BCUT2D eigenvalue weighted by molar-refractivity contribution is 7.09. The smallest absolute Gasteiger partial charge is 0.234 e. The van der Waals surface area contributed by atoms with Crippen LogP contribution in [0.15, 0.2) is 114 Å². The molecule has 1 aromatic heterocycles. The van der Waals surface area contributed by atoms with Gasteiger partial charge in [-0.3, -0.25) is 14.5 Å². The lowest BCUT2D eigenvalue weighted by Crippen LogP contribution is -2.40. The number of hydrogen-bond acceptors (Lipinski definition) is 7. The first kappa shape index (κ1) is 31.5. The molecule has 4 aromatic rings. The van der Waals surface area contributed by atoms with E-state index >= 15 is 0 Å². The second-order valence-electron chi connectivity index (χ2n) is 11.8. The number of carbonyl (C=O) groups is 2. The summed E-state index contributed by atoms with van der Waals surface area (Å²) in [5.41, 5.74) is 4.12. The number of hydrogen-bond donors (Lipinski definition) is 3. The molecule has 3 aromatic carbocycles. The molecule has 46 heavy (non-hydrogen) atoms. The maximum atomic E-state index is 13.8. The number of carbonyl (C=O) groups excluding carboxylic acids is 2. The van der Waals surface area contributed by atoms with Gasteiger partial charge in [-0.05, 0) is 82.8 Å². The number of phenolic OH excluding ortho intramolecular Hbond substituents is 1. The Labute approximate surface area is 272 Å². The summed E-state index contributed by atoms with van der Waals surface area (Å²) in [6.07, 6.45) is 2.09. The van der Waals surface area contributed by atoms with Crippen LogP contribution in [0.1, 0.15) is 35.3 Å². The Kier molecular flexibility index (Phi) is 9.78. The fourth-order valence-corrected chi connectivity index (χ4v) is 7.47. The molecular weight excluding hydrogens is 598 g/mol. The summed E-state index contributed by atoms with van der Waals surface area (Å²) in [5, 5.41) is 34.6. The highest BCUT2D eigenvalue weighted by Crippen LogP contribution is 2.47. The van der Waals surface area contributed by atoms with Crippen molar-refractivity contribution in [3.63, 3.8) is 0 Å². The van der Waals surface area contributed by atoms with Crippen molar-refractivity contribution in [3.8, 4) is 11.5 Å². The van der Waals surface area contributed by atoms with E-state index < -0.39 is 23.9 Å². The number of aromatic hydroxyl groups is 1. The molecule has 0 spiro atoms. The third-order valence-corrected chi connectivity index (χ3v) is 9.79. The number of fused-ring (bicyclic) bond motifs is 1. The second kappa shape index (κ2) is 14.3. The monoisotopic (exact) mass is 635 g/mol. The third-order valence-electron chi connectivity index (χ3n) is 8.92. The van der Waals surface area contributed by atoms with Crippen LogP contribution in [0.2, 0.25) is 0 Å². The average molecular weight is 636 g/mol. The van der Waals surface area contributed by atoms with Crippen LogP contribution in [0.25, 0.3) is 11.6 Å². The van der Waals surface area contributed by atoms with Crippen LogP contribution in [0.3, 0.4) is 0 Å². The molecule has 1 aliphatic heterocycles. The number of aliphatic hydroxyl groups is 2. The summed E-state index contributed by atoms with van der Waals surface area (Å²) in [5.74, 6) is -1.82. The summed E-state index contributed by atoms with van der Waals surface area (Å²) in [6.45, 7) is -0.0411. The molecule has 0 bridgehead atoms. The van der Waals surface area contributed by atoms with E-state index in [0.29, 0.717) is 24.2 Å². The van der Waals surface area contributed by atoms with Gasteiger partial charge >= 0.3 is 0 Å². The minimum absolute atomic E-state index is 0.132. The molecule has 236 valence electrons. The molecule has 1 fully saturated rings. The zero-order valence-electron chi connectivity index (χ0n) is 25.4. The molecule has 2 amide bonds. The first-order chi connectivity index (χ1) is 22.4. The van der Waals surface area contributed by atoms with E-state index in [1.807, 2.05) is 90.3 Å². The Bertz CT molecular complexity index is 1720. The Morgan fingerprint density at radius 3 is 2.41 bits per heavy atom. The number of ether oxygens (including phenoxy) is 1. The van der Waals surface area contributed by atoms with Crippen LogP contribution in [-0.4, -0.2) is 51.4 Å². The summed E-state index contributed by atoms with van der Waals surface area (Å²) in [7, 11) is 0. The molecule has 2 aliphatic rings. The van der Waals surface area contributed by atoms with Crippen molar-refractivity contribution in [2.24, 2.45) is 17.8 Å². The highest BCUT2D eigenvalue weighted by atomic mass is 32.1. The van der Waals surface area contributed by atoms with E-state index in [1.54, 1.807) is 18.2 Å². The van der Waals surface area contributed by atoms with Gasteiger partial charge in [-0.15, -0.1) is 11.3 Å². The first-order valence-corrected chi connectivity index (χ1v) is 16.4. The van der Waals surface area contributed by atoms with Crippen molar-refractivity contribution in [1.29, 1.82) is 0 Å². The van der Waals surface area contributed by atoms with Crippen LogP contribution in [0, 0.1) is 17.8 Å². The fraction of sp³-hybridized carbons (Fsp3) is 0.263. The Balaban J connectivity index is 1.31. The molecule has 0 radical (unpaired) electrons. The number of nitrogens with zero attached hydrogens (tertiary/aromatic N) is 1. The van der Waals surface area contributed by atoms with Crippen LogP contribution < -0.4 is 4.74 Å².